The van der Waals surface area contributed by atoms with Gasteiger partial charge in [-0.2, -0.15) is 0 Å². The summed E-state index contributed by atoms with van der Waals surface area (Å²) < 4.78 is 5.79. The van der Waals surface area contributed by atoms with Crippen LogP contribution in [-0.2, 0) is 11.2 Å². The quantitative estimate of drug-likeness (QED) is 0.859. The van der Waals surface area contributed by atoms with Crippen molar-refractivity contribution in [3.8, 4) is 0 Å². The van der Waals surface area contributed by atoms with Gasteiger partial charge < -0.3 is 10.5 Å². The van der Waals surface area contributed by atoms with E-state index < -0.39 is 0 Å². The molecular formula is C8H11BrN2O. The van der Waals surface area contributed by atoms with E-state index in [-0.39, 0.29) is 0 Å². The maximum Gasteiger partial charge on any atom is 0.137 e. The van der Waals surface area contributed by atoms with E-state index in [1.54, 1.807) is 13.3 Å². The summed E-state index contributed by atoms with van der Waals surface area (Å²) in [5.74, 6) is 0.524. The number of nitrogen functional groups attached to an aromatic ring is 1. The minimum absolute atomic E-state index is 0.524. The lowest BCUT2D eigenvalue weighted by Gasteiger charge is -2.01. The molecule has 4 heteroatoms. The van der Waals surface area contributed by atoms with Crippen LogP contribution >= 0.6 is 15.9 Å². The molecule has 0 aliphatic carbocycles. The third kappa shape index (κ3) is 2.46. The SMILES string of the molecule is COCCc1cnc(N)c(Br)c1. The number of rotatable bonds is 3. The average molecular weight is 231 g/mol. The Bertz CT molecular complexity index is 265. The van der Waals surface area contributed by atoms with Crippen molar-refractivity contribution in [3.63, 3.8) is 0 Å². The molecule has 0 spiro atoms. The summed E-state index contributed by atoms with van der Waals surface area (Å²) in [5.41, 5.74) is 6.65. The molecule has 0 atom stereocenters. The third-order valence-electron chi connectivity index (χ3n) is 1.52. The van der Waals surface area contributed by atoms with Crippen molar-refractivity contribution in [1.29, 1.82) is 0 Å². The van der Waals surface area contributed by atoms with Crippen LogP contribution in [-0.4, -0.2) is 18.7 Å². The van der Waals surface area contributed by atoms with E-state index in [1.165, 1.54) is 0 Å². The van der Waals surface area contributed by atoms with Crippen molar-refractivity contribution in [2.24, 2.45) is 0 Å². The fraction of sp³-hybridized carbons (Fsp3) is 0.375. The number of methoxy groups -OCH3 is 1. The van der Waals surface area contributed by atoms with Gasteiger partial charge in [-0.3, -0.25) is 0 Å². The Balaban J connectivity index is 2.69. The summed E-state index contributed by atoms with van der Waals surface area (Å²) in [7, 11) is 1.68. The van der Waals surface area contributed by atoms with Crippen molar-refractivity contribution in [3.05, 3.63) is 22.3 Å². The second kappa shape index (κ2) is 4.42. The highest BCUT2D eigenvalue weighted by Crippen LogP contribution is 2.17. The Morgan fingerprint density at radius 2 is 2.42 bits per heavy atom. The first kappa shape index (κ1) is 9.48. The van der Waals surface area contributed by atoms with Crippen LogP contribution in [0.1, 0.15) is 5.56 Å². The van der Waals surface area contributed by atoms with E-state index in [0.717, 1.165) is 16.5 Å². The lowest BCUT2D eigenvalue weighted by atomic mass is 10.2. The lowest BCUT2D eigenvalue weighted by molar-refractivity contribution is 0.202. The summed E-state index contributed by atoms with van der Waals surface area (Å²) in [4.78, 5) is 4.01. The van der Waals surface area contributed by atoms with Crippen LogP contribution in [0.5, 0.6) is 0 Å². The summed E-state index contributed by atoms with van der Waals surface area (Å²) in [6.45, 7) is 0.706. The zero-order valence-corrected chi connectivity index (χ0v) is 8.47. The smallest absolute Gasteiger partial charge is 0.137 e. The first-order valence-corrected chi connectivity index (χ1v) is 4.42. The van der Waals surface area contributed by atoms with E-state index in [4.69, 9.17) is 10.5 Å². The van der Waals surface area contributed by atoms with Gasteiger partial charge in [0.1, 0.15) is 5.82 Å². The Hall–Kier alpha value is -0.610. The fourth-order valence-corrected chi connectivity index (χ4v) is 1.24. The second-order valence-electron chi connectivity index (χ2n) is 2.45. The van der Waals surface area contributed by atoms with E-state index in [1.807, 2.05) is 6.07 Å². The Morgan fingerprint density at radius 1 is 1.67 bits per heavy atom. The van der Waals surface area contributed by atoms with Crippen molar-refractivity contribution in [2.75, 3.05) is 19.5 Å². The number of aromatic nitrogens is 1. The van der Waals surface area contributed by atoms with E-state index in [2.05, 4.69) is 20.9 Å². The number of nitrogens with two attached hydrogens (primary N) is 1. The molecule has 1 aromatic rings. The van der Waals surface area contributed by atoms with Crippen LogP contribution in [0.4, 0.5) is 5.82 Å². The largest absolute Gasteiger partial charge is 0.384 e. The molecule has 0 aromatic carbocycles. The van der Waals surface area contributed by atoms with Gasteiger partial charge in [0.25, 0.3) is 0 Å². The van der Waals surface area contributed by atoms with Gasteiger partial charge in [-0.1, -0.05) is 0 Å². The molecule has 0 bridgehead atoms. The van der Waals surface area contributed by atoms with Crippen LogP contribution < -0.4 is 5.73 Å². The van der Waals surface area contributed by atoms with Crippen molar-refractivity contribution < 1.29 is 4.74 Å². The number of pyridine rings is 1. The zero-order chi connectivity index (χ0) is 8.97. The van der Waals surface area contributed by atoms with Gasteiger partial charge in [0, 0.05) is 13.3 Å². The zero-order valence-electron chi connectivity index (χ0n) is 6.88. The van der Waals surface area contributed by atoms with Gasteiger partial charge in [-0.05, 0) is 34.0 Å². The Labute approximate surface area is 80.1 Å². The van der Waals surface area contributed by atoms with Crippen LogP contribution in [0, 0.1) is 0 Å². The topological polar surface area (TPSA) is 48.1 Å². The van der Waals surface area contributed by atoms with Gasteiger partial charge in [0.15, 0.2) is 0 Å². The number of anilines is 1. The first-order chi connectivity index (χ1) is 5.74. The molecule has 0 radical (unpaired) electrons. The summed E-state index contributed by atoms with van der Waals surface area (Å²) in [6.07, 6.45) is 2.63. The molecule has 0 amide bonds. The molecule has 1 aromatic heterocycles. The van der Waals surface area contributed by atoms with Crippen LogP contribution in [0.3, 0.4) is 0 Å². The van der Waals surface area contributed by atoms with Gasteiger partial charge >= 0.3 is 0 Å². The number of halogens is 1. The molecule has 0 aliphatic rings. The second-order valence-corrected chi connectivity index (χ2v) is 3.31. The van der Waals surface area contributed by atoms with Crippen LogP contribution in [0.2, 0.25) is 0 Å². The van der Waals surface area contributed by atoms with E-state index >= 15 is 0 Å². The first-order valence-electron chi connectivity index (χ1n) is 3.63. The number of hydrogen-bond acceptors (Lipinski definition) is 3. The normalized spacial score (nSPS) is 10.2. The van der Waals surface area contributed by atoms with Crippen molar-refractivity contribution in [2.45, 2.75) is 6.42 Å². The lowest BCUT2D eigenvalue weighted by Crippen LogP contribution is -1.97. The Morgan fingerprint density at radius 3 is 3.00 bits per heavy atom. The van der Waals surface area contributed by atoms with E-state index in [0.29, 0.717) is 12.4 Å². The fourth-order valence-electron chi connectivity index (χ4n) is 0.845. The minimum Gasteiger partial charge on any atom is -0.384 e. The third-order valence-corrected chi connectivity index (χ3v) is 2.16. The molecule has 12 heavy (non-hydrogen) atoms. The maximum atomic E-state index is 5.53. The molecule has 0 fully saturated rings. The van der Waals surface area contributed by atoms with Gasteiger partial charge in [-0.25, -0.2) is 4.98 Å². The molecule has 1 heterocycles. The summed E-state index contributed by atoms with van der Waals surface area (Å²) >= 11 is 3.31. The highest BCUT2D eigenvalue weighted by molar-refractivity contribution is 9.10. The van der Waals surface area contributed by atoms with Gasteiger partial charge in [-0.15, -0.1) is 0 Å². The number of nitrogens with zero attached hydrogens (tertiary/aromatic N) is 1. The number of hydrogen-bond donors (Lipinski definition) is 1. The highest BCUT2D eigenvalue weighted by atomic mass is 79.9. The van der Waals surface area contributed by atoms with Crippen molar-refractivity contribution in [1.82, 2.24) is 4.98 Å². The standard InChI is InChI=1S/C8H11BrN2O/c1-12-3-2-6-4-7(9)8(10)11-5-6/h4-5H,2-3H2,1H3,(H2,10,11). The maximum absolute atomic E-state index is 5.53. The number of ether oxygens (including phenoxy) is 1. The van der Waals surface area contributed by atoms with Crippen molar-refractivity contribution >= 4 is 21.7 Å². The van der Waals surface area contributed by atoms with Crippen LogP contribution in [0.15, 0.2) is 16.7 Å². The molecule has 0 saturated heterocycles. The molecule has 3 nitrogen and oxygen atoms in total. The van der Waals surface area contributed by atoms with Gasteiger partial charge in [0.05, 0.1) is 11.1 Å². The highest BCUT2D eigenvalue weighted by Gasteiger charge is 1.98. The summed E-state index contributed by atoms with van der Waals surface area (Å²) in [6, 6.07) is 1.96. The molecule has 0 unspecified atom stereocenters. The molecule has 66 valence electrons. The predicted molar refractivity (Wildman–Crippen MR) is 51.9 cm³/mol. The molecular weight excluding hydrogens is 220 g/mol. The predicted octanol–water partition coefficient (Wildman–Crippen LogP) is 1.62. The molecule has 1 rings (SSSR count). The monoisotopic (exact) mass is 230 g/mol. The minimum atomic E-state index is 0.524. The molecule has 0 saturated carbocycles. The summed E-state index contributed by atoms with van der Waals surface area (Å²) in [5, 5.41) is 0. The Kier molecular flexibility index (Phi) is 3.49. The molecule has 2 N–H and O–H groups in total. The van der Waals surface area contributed by atoms with E-state index in [9.17, 15) is 0 Å². The average Bonchev–Trinajstić information content (AvgIpc) is 2.07. The van der Waals surface area contributed by atoms with Crippen LogP contribution in [0.25, 0.3) is 0 Å². The van der Waals surface area contributed by atoms with Gasteiger partial charge in [0.2, 0.25) is 0 Å². The molecule has 0 aliphatic heterocycles.